The first-order chi connectivity index (χ1) is 7.29. The smallest absolute Gasteiger partial charge is 0.0996 e. The Labute approximate surface area is 90.1 Å². The summed E-state index contributed by atoms with van der Waals surface area (Å²) >= 11 is 0. The van der Waals surface area contributed by atoms with Crippen molar-refractivity contribution in [1.82, 2.24) is 0 Å². The van der Waals surface area contributed by atoms with Crippen LogP contribution in [-0.2, 0) is 11.2 Å². The van der Waals surface area contributed by atoms with Crippen LogP contribution < -0.4 is 5.32 Å². The number of hydrogen-bond acceptors (Lipinski definition) is 3. The van der Waals surface area contributed by atoms with Gasteiger partial charge in [-0.25, -0.2) is 0 Å². The number of anilines is 1. The second-order valence-electron chi connectivity index (χ2n) is 3.91. The van der Waals surface area contributed by atoms with Crippen molar-refractivity contribution in [3.05, 3.63) is 29.8 Å². The molecule has 2 unspecified atom stereocenters. The molecule has 0 radical (unpaired) electrons. The van der Waals surface area contributed by atoms with Gasteiger partial charge >= 0.3 is 0 Å². The average molecular weight is 207 g/mol. The molecule has 3 heteroatoms. The predicted molar refractivity (Wildman–Crippen MR) is 60.1 cm³/mol. The lowest BCUT2D eigenvalue weighted by Gasteiger charge is -2.16. The Bertz CT molecular complexity index is 310. The summed E-state index contributed by atoms with van der Waals surface area (Å²) in [5.74, 6) is 0. The highest BCUT2D eigenvalue weighted by atomic mass is 16.5. The van der Waals surface area contributed by atoms with Gasteiger partial charge in [0.05, 0.1) is 25.4 Å². The van der Waals surface area contributed by atoms with Gasteiger partial charge in [-0.2, -0.15) is 0 Å². The van der Waals surface area contributed by atoms with Crippen LogP contribution in [0.5, 0.6) is 0 Å². The van der Waals surface area contributed by atoms with Gasteiger partial charge in [-0.1, -0.05) is 19.1 Å². The van der Waals surface area contributed by atoms with Gasteiger partial charge in [0, 0.05) is 5.69 Å². The van der Waals surface area contributed by atoms with Gasteiger partial charge in [-0.3, -0.25) is 0 Å². The lowest BCUT2D eigenvalue weighted by molar-refractivity contribution is 0.125. The van der Waals surface area contributed by atoms with Crippen LogP contribution in [0, 0.1) is 0 Å². The molecule has 2 N–H and O–H groups in total. The maximum absolute atomic E-state index is 9.56. The van der Waals surface area contributed by atoms with E-state index in [4.69, 9.17) is 4.74 Å². The van der Waals surface area contributed by atoms with E-state index in [9.17, 15) is 5.11 Å². The molecule has 2 atom stereocenters. The monoisotopic (exact) mass is 207 g/mol. The van der Waals surface area contributed by atoms with Crippen molar-refractivity contribution in [3.8, 4) is 0 Å². The van der Waals surface area contributed by atoms with Crippen molar-refractivity contribution in [3.63, 3.8) is 0 Å². The molecular formula is C12H17NO2. The molecule has 1 aliphatic heterocycles. The molecule has 1 fully saturated rings. The Morgan fingerprint density at radius 3 is 2.60 bits per heavy atom. The van der Waals surface area contributed by atoms with E-state index in [-0.39, 0.29) is 6.04 Å². The van der Waals surface area contributed by atoms with Crippen molar-refractivity contribution in [2.75, 3.05) is 18.5 Å². The molecule has 15 heavy (non-hydrogen) atoms. The molecule has 0 aromatic heterocycles. The maximum Gasteiger partial charge on any atom is 0.0996 e. The molecule has 82 valence electrons. The summed E-state index contributed by atoms with van der Waals surface area (Å²) in [6.45, 7) is 3.15. The standard InChI is InChI=1S/C12H17NO2/c1-2-9-3-5-10(6-4-9)13-11-7-15-8-12(11)14/h3-6,11-14H,2,7-8H2,1H3. The quantitative estimate of drug-likeness (QED) is 0.787. The fourth-order valence-electron chi connectivity index (χ4n) is 1.73. The normalized spacial score (nSPS) is 25.5. The summed E-state index contributed by atoms with van der Waals surface area (Å²) < 4.78 is 5.17. The van der Waals surface area contributed by atoms with E-state index in [0.717, 1.165) is 12.1 Å². The molecule has 1 saturated heterocycles. The maximum atomic E-state index is 9.56. The molecule has 0 bridgehead atoms. The number of aryl methyl sites for hydroxylation is 1. The van der Waals surface area contributed by atoms with Gasteiger partial charge < -0.3 is 15.2 Å². The first-order valence-corrected chi connectivity index (χ1v) is 5.41. The molecular weight excluding hydrogens is 190 g/mol. The molecule has 1 aromatic carbocycles. The molecule has 0 amide bonds. The number of aliphatic hydroxyl groups excluding tert-OH is 1. The molecule has 0 saturated carbocycles. The summed E-state index contributed by atoms with van der Waals surface area (Å²) in [5, 5.41) is 12.8. The number of rotatable bonds is 3. The van der Waals surface area contributed by atoms with Gasteiger partial charge in [0.15, 0.2) is 0 Å². The fraction of sp³-hybridized carbons (Fsp3) is 0.500. The Morgan fingerprint density at radius 1 is 1.33 bits per heavy atom. The predicted octanol–water partition coefficient (Wildman–Crippen LogP) is 1.42. The Morgan fingerprint density at radius 2 is 2.07 bits per heavy atom. The summed E-state index contributed by atoms with van der Waals surface area (Å²) in [6, 6.07) is 8.32. The van der Waals surface area contributed by atoms with Gasteiger partial charge in [0.1, 0.15) is 0 Å². The van der Waals surface area contributed by atoms with E-state index >= 15 is 0 Å². The largest absolute Gasteiger partial charge is 0.388 e. The van der Waals surface area contributed by atoms with Crippen LogP contribution in [0.1, 0.15) is 12.5 Å². The van der Waals surface area contributed by atoms with Gasteiger partial charge in [-0.15, -0.1) is 0 Å². The lowest BCUT2D eigenvalue weighted by Crippen LogP contribution is -2.31. The SMILES string of the molecule is CCc1ccc(NC2COCC2O)cc1. The number of nitrogens with one attached hydrogen (secondary N) is 1. The second kappa shape index (κ2) is 4.64. The summed E-state index contributed by atoms with van der Waals surface area (Å²) in [4.78, 5) is 0. The first kappa shape index (κ1) is 10.5. The number of hydrogen-bond donors (Lipinski definition) is 2. The third kappa shape index (κ3) is 2.49. The third-order valence-electron chi connectivity index (χ3n) is 2.76. The Balaban J connectivity index is 1.98. The fourth-order valence-corrected chi connectivity index (χ4v) is 1.73. The molecule has 1 aliphatic rings. The first-order valence-electron chi connectivity index (χ1n) is 5.41. The molecule has 0 aliphatic carbocycles. The van der Waals surface area contributed by atoms with Crippen molar-refractivity contribution in [1.29, 1.82) is 0 Å². The molecule has 3 nitrogen and oxygen atoms in total. The van der Waals surface area contributed by atoms with Crippen LogP contribution in [0.3, 0.4) is 0 Å². The average Bonchev–Trinajstić information content (AvgIpc) is 2.66. The van der Waals surface area contributed by atoms with Crippen molar-refractivity contribution >= 4 is 5.69 Å². The van der Waals surface area contributed by atoms with E-state index in [1.807, 2.05) is 12.1 Å². The number of benzene rings is 1. The van der Waals surface area contributed by atoms with Crippen LogP contribution in [0.25, 0.3) is 0 Å². The zero-order valence-corrected chi connectivity index (χ0v) is 8.94. The topological polar surface area (TPSA) is 41.5 Å². The third-order valence-corrected chi connectivity index (χ3v) is 2.76. The highest BCUT2D eigenvalue weighted by Gasteiger charge is 2.25. The molecule has 2 rings (SSSR count). The Kier molecular flexibility index (Phi) is 3.23. The van der Waals surface area contributed by atoms with Crippen LogP contribution in [0.15, 0.2) is 24.3 Å². The minimum Gasteiger partial charge on any atom is -0.388 e. The summed E-state index contributed by atoms with van der Waals surface area (Å²) in [5.41, 5.74) is 2.37. The van der Waals surface area contributed by atoms with Crippen molar-refractivity contribution < 1.29 is 9.84 Å². The minimum absolute atomic E-state index is 0.0254. The Hall–Kier alpha value is -1.06. The molecule has 1 heterocycles. The van der Waals surface area contributed by atoms with Gasteiger partial charge in [-0.05, 0) is 24.1 Å². The number of aliphatic hydroxyl groups is 1. The lowest BCUT2D eigenvalue weighted by atomic mass is 10.1. The second-order valence-corrected chi connectivity index (χ2v) is 3.91. The zero-order valence-electron chi connectivity index (χ0n) is 8.94. The highest BCUT2D eigenvalue weighted by molar-refractivity contribution is 5.45. The van der Waals surface area contributed by atoms with Crippen LogP contribution in [0.2, 0.25) is 0 Å². The van der Waals surface area contributed by atoms with Gasteiger partial charge in [0.25, 0.3) is 0 Å². The van der Waals surface area contributed by atoms with E-state index in [2.05, 4.69) is 24.4 Å². The van der Waals surface area contributed by atoms with Crippen LogP contribution >= 0.6 is 0 Å². The van der Waals surface area contributed by atoms with Crippen molar-refractivity contribution in [2.24, 2.45) is 0 Å². The van der Waals surface area contributed by atoms with E-state index in [1.54, 1.807) is 0 Å². The zero-order chi connectivity index (χ0) is 10.7. The minimum atomic E-state index is -0.393. The van der Waals surface area contributed by atoms with Crippen molar-refractivity contribution in [2.45, 2.75) is 25.5 Å². The molecule has 1 aromatic rings. The van der Waals surface area contributed by atoms with Crippen LogP contribution in [0.4, 0.5) is 5.69 Å². The highest BCUT2D eigenvalue weighted by Crippen LogP contribution is 2.15. The van der Waals surface area contributed by atoms with E-state index < -0.39 is 6.10 Å². The van der Waals surface area contributed by atoms with Gasteiger partial charge in [0.2, 0.25) is 0 Å². The number of ether oxygens (including phenoxy) is 1. The molecule has 0 spiro atoms. The summed E-state index contributed by atoms with van der Waals surface area (Å²) in [6.07, 6.45) is 0.658. The summed E-state index contributed by atoms with van der Waals surface area (Å²) in [7, 11) is 0. The van der Waals surface area contributed by atoms with E-state index in [0.29, 0.717) is 13.2 Å². The van der Waals surface area contributed by atoms with Crippen LogP contribution in [-0.4, -0.2) is 30.5 Å². The van der Waals surface area contributed by atoms with E-state index in [1.165, 1.54) is 5.56 Å².